The molecule has 0 saturated carbocycles. The first-order chi connectivity index (χ1) is 10.7. The van der Waals surface area contributed by atoms with Crippen LogP contribution >= 0.6 is 11.3 Å². The van der Waals surface area contributed by atoms with Gasteiger partial charge >= 0.3 is 0 Å². The Hall–Kier alpha value is -2.46. The minimum absolute atomic E-state index is 0.920. The molecule has 0 fully saturated rings. The van der Waals surface area contributed by atoms with E-state index in [2.05, 4.69) is 60.6 Å². The predicted molar refractivity (Wildman–Crippen MR) is 91.7 cm³/mol. The molecule has 0 aliphatic rings. The van der Waals surface area contributed by atoms with Crippen LogP contribution in [0.1, 0.15) is 11.4 Å². The molecule has 2 aromatic heterocycles. The molecule has 4 aromatic rings. The fourth-order valence-corrected chi connectivity index (χ4v) is 3.70. The molecule has 4 rings (SSSR count). The summed E-state index contributed by atoms with van der Waals surface area (Å²) in [6.45, 7) is 4.07. The van der Waals surface area contributed by atoms with Crippen molar-refractivity contribution in [3.63, 3.8) is 0 Å². The van der Waals surface area contributed by atoms with Gasteiger partial charge in [0, 0.05) is 11.3 Å². The maximum absolute atomic E-state index is 4.85. The normalized spacial score (nSPS) is 11.2. The van der Waals surface area contributed by atoms with E-state index in [4.69, 9.17) is 4.98 Å². The van der Waals surface area contributed by atoms with Gasteiger partial charge in [0.25, 0.3) is 0 Å². The minimum atomic E-state index is 0.920. The summed E-state index contributed by atoms with van der Waals surface area (Å²) in [5, 5.41) is 5.46. The van der Waals surface area contributed by atoms with Gasteiger partial charge in [0.2, 0.25) is 5.13 Å². The first-order valence-corrected chi connectivity index (χ1v) is 8.02. The number of para-hydroxylation sites is 1. The fraction of sp³-hybridized carbons (Fsp3) is 0.111. The summed E-state index contributed by atoms with van der Waals surface area (Å²) in [7, 11) is 0. The summed E-state index contributed by atoms with van der Waals surface area (Å²) in [5.41, 5.74) is 5.53. The van der Waals surface area contributed by atoms with Crippen LogP contribution in [0.2, 0.25) is 0 Å². The van der Waals surface area contributed by atoms with E-state index >= 15 is 0 Å². The molecule has 0 atom stereocenters. The highest BCUT2D eigenvalue weighted by Crippen LogP contribution is 2.33. The van der Waals surface area contributed by atoms with E-state index in [1.807, 2.05) is 17.7 Å². The second kappa shape index (κ2) is 5.07. The van der Waals surface area contributed by atoms with Crippen molar-refractivity contribution in [2.45, 2.75) is 13.8 Å². The van der Waals surface area contributed by atoms with Gasteiger partial charge in [0.1, 0.15) is 0 Å². The highest BCUT2D eigenvalue weighted by atomic mass is 32.1. The topological polar surface area (TPSA) is 30.7 Å². The lowest BCUT2D eigenvalue weighted by Gasteiger charge is -2.01. The highest BCUT2D eigenvalue weighted by molar-refractivity contribution is 7.20. The van der Waals surface area contributed by atoms with Crippen LogP contribution in [0, 0.1) is 13.8 Å². The molecule has 108 valence electrons. The van der Waals surface area contributed by atoms with E-state index in [-0.39, 0.29) is 0 Å². The van der Waals surface area contributed by atoms with E-state index in [0.29, 0.717) is 0 Å². The van der Waals surface area contributed by atoms with E-state index in [1.165, 1.54) is 15.8 Å². The molecular weight excluding hydrogens is 290 g/mol. The number of hydrogen-bond donors (Lipinski definition) is 0. The van der Waals surface area contributed by atoms with Gasteiger partial charge in [-0.05, 0) is 31.5 Å². The van der Waals surface area contributed by atoms with Gasteiger partial charge in [-0.2, -0.15) is 5.10 Å². The molecule has 0 spiro atoms. The molecule has 0 aliphatic carbocycles. The number of fused-ring (bicyclic) bond motifs is 1. The average molecular weight is 305 g/mol. The van der Waals surface area contributed by atoms with E-state index in [0.717, 1.165) is 22.0 Å². The summed E-state index contributed by atoms with van der Waals surface area (Å²) in [6.07, 6.45) is 0. The van der Waals surface area contributed by atoms with Crippen LogP contribution < -0.4 is 0 Å². The first kappa shape index (κ1) is 13.2. The lowest BCUT2D eigenvalue weighted by atomic mass is 10.1. The number of hydrogen-bond acceptors (Lipinski definition) is 3. The van der Waals surface area contributed by atoms with Crippen molar-refractivity contribution in [1.29, 1.82) is 0 Å². The van der Waals surface area contributed by atoms with Gasteiger partial charge in [0.15, 0.2) is 0 Å². The van der Waals surface area contributed by atoms with Gasteiger partial charge in [-0.3, -0.25) is 0 Å². The van der Waals surface area contributed by atoms with Crippen LogP contribution in [-0.4, -0.2) is 14.8 Å². The van der Waals surface area contributed by atoms with Crippen LogP contribution in [0.5, 0.6) is 0 Å². The second-order valence-electron chi connectivity index (χ2n) is 5.35. The molecule has 0 aliphatic heterocycles. The van der Waals surface area contributed by atoms with Gasteiger partial charge in [-0.25, -0.2) is 9.67 Å². The number of nitrogens with zero attached hydrogens (tertiary/aromatic N) is 3. The van der Waals surface area contributed by atoms with Crippen LogP contribution in [0.15, 0.2) is 54.6 Å². The number of aromatic nitrogens is 3. The quantitative estimate of drug-likeness (QED) is 0.534. The van der Waals surface area contributed by atoms with Crippen LogP contribution in [0.25, 0.3) is 26.5 Å². The summed E-state index contributed by atoms with van der Waals surface area (Å²) in [6, 6.07) is 18.8. The fourth-order valence-electron chi connectivity index (χ4n) is 2.70. The van der Waals surface area contributed by atoms with Crippen LogP contribution in [0.3, 0.4) is 0 Å². The lowest BCUT2D eigenvalue weighted by Crippen LogP contribution is -1.97. The number of benzene rings is 2. The van der Waals surface area contributed by atoms with Crippen LogP contribution in [0.4, 0.5) is 0 Å². The molecule has 2 aromatic carbocycles. The Morgan fingerprint density at radius 2 is 1.77 bits per heavy atom. The average Bonchev–Trinajstić information content (AvgIpc) is 3.10. The SMILES string of the molecule is Cc1cc(C)n(-c2nc3c(-c4ccccc4)cccc3s2)n1. The standard InChI is InChI=1S/C18H15N3S/c1-12-11-13(2)21(20-12)18-19-17-15(9-6-10-16(17)22-18)14-7-4-3-5-8-14/h3-11H,1-2H3. The van der Waals surface area contributed by atoms with Gasteiger partial charge in [-0.15, -0.1) is 0 Å². The lowest BCUT2D eigenvalue weighted by molar-refractivity contribution is 0.828. The third kappa shape index (κ3) is 2.12. The summed E-state index contributed by atoms with van der Waals surface area (Å²) < 4.78 is 3.11. The van der Waals surface area contributed by atoms with E-state index < -0.39 is 0 Å². The molecule has 0 N–H and O–H groups in total. The number of thiazole rings is 1. The predicted octanol–water partition coefficient (Wildman–Crippen LogP) is 4.77. The zero-order chi connectivity index (χ0) is 15.1. The van der Waals surface area contributed by atoms with Gasteiger partial charge < -0.3 is 0 Å². The Kier molecular flexibility index (Phi) is 3.05. The molecule has 0 saturated heterocycles. The second-order valence-corrected chi connectivity index (χ2v) is 6.36. The van der Waals surface area contributed by atoms with E-state index in [9.17, 15) is 0 Å². The summed E-state index contributed by atoms with van der Waals surface area (Å²) >= 11 is 1.68. The molecular formula is C18H15N3S. The third-order valence-electron chi connectivity index (χ3n) is 3.68. The van der Waals surface area contributed by atoms with Gasteiger partial charge in [0.05, 0.1) is 15.9 Å². The Morgan fingerprint density at radius 1 is 0.955 bits per heavy atom. The highest BCUT2D eigenvalue weighted by Gasteiger charge is 2.12. The maximum Gasteiger partial charge on any atom is 0.211 e. The van der Waals surface area contributed by atoms with Crippen LogP contribution in [-0.2, 0) is 0 Å². The van der Waals surface area contributed by atoms with Crippen molar-refractivity contribution in [1.82, 2.24) is 14.8 Å². The van der Waals surface area contributed by atoms with Crippen molar-refractivity contribution in [2.24, 2.45) is 0 Å². The van der Waals surface area contributed by atoms with Gasteiger partial charge in [-0.1, -0.05) is 53.8 Å². The monoisotopic (exact) mass is 305 g/mol. The molecule has 3 nitrogen and oxygen atoms in total. The van der Waals surface area contributed by atoms with Crippen molar-refractivity contribution >= 4 is 21.6 Å². The first-order valence-electron chi connectivity index (χ1n) is 7.21. The molecule has 0 radical (unpaired) electrons. The summed E-state index contributed by atoms with van der Waals surface area (Å²) in [5.74, 6) is 0. The largest absolute Gasteiger partial charge is 0.218 e. The number of aryl methyl sites for hydroxylation is 2. The molecule has 0 amide bonds. The van der Waals surface area contributed by atoms with Crippen molar-refractivity contribution in [2.75, 3.05) is 0 Å². The molecule has 0 unspecified atom stereocenters. The van der Waals surface area contributed by atoms with E-state index in [1.54, 1.807) is 11.3 Å². The van der Waals surface area contributed by atoms with Crippen molar-refractivity contribution in [3.8, 4) is 16.3 Å². The minimum Gasteiger partial charge on any atom is -0.218 e. The number of rotatable bonds is 2. The smallest absolute Gasteiger partial charge is 0.211 e. The zero-order valence-corrected chi connectivity index (χ0v) is 13.3. The maximum atomic E-state index is 4.85. The Morgan fingerprint density at radius 3 is 2.50 bits per heavy atom. The van der Waals surface area contributed by atoms with Crippen molar-refractivity contribution < 1.29 is 0 Å². The Balaban J connectivity index is 1.93. The summed E-state index contributed by atoms with van der Waals surface area (Å²) in [4.78, 5) is 4.85. The molecule has 2 heterocycles. The Bertz CT molecular complexity index is 951. The molecule has 0 bridgehead atoms. The molecule has 22 heavy (non-hydrogen) atoms. The zero-order valence-electron chi connectivity index (χ0n) is 12.4. The molecule has 4 heteroatoms. The third-order valence-corrected chi connectivity index (χ3v) is 4.68. The Labute approximate surface area is 132 Å². The van der Waals surface area contributed by atoms with Crippen molar-refractivity contribution in [3.05, 3.63) is 66.0 Å².